The molecule has 0 saturated heterocycles. The van der Waals surface area contributed by atoms with Gasteiger partial charge in [0.2, 0.25) is 5.65 Å². The Hall–Kier alpha value is -2.83. The van der Waals surface area contributed by atoms with Crippen LogP contribution in [0.25, 0.3) is 5.65 Å². The van der Waals surface area contributed by atoms with Crippen LogP contribution in [-0.4, -0.2) is 33.7 Å². The molecule has 2 N–H and O–H groups in total. The average Bonchev–Trinajstić information content (AvgIpc) is 2.84. The summed E-state index contributed by atoms with van der Waals surface area (Å²) in [6.07, 6.45) is 3.43. The number of rotatable bonds is 3. The van der Waals surface area contributed by atoms with Crippen molar-refractivity contribution in [3.63, 3.8) is 0 Å². The SMILES string of the molecule is Cc1nnc2c(Oc3cc(N(C)C)ccc3N)nccn12. The Kier molecular flexibility index (Phi) is 3.09. The first kappa shape index (κ1) is 13.2. The van der Waals surface area contributed by atoms with Gasteiger partial charge < -0.3 is 15.4 Å². The van der Waals surface area contributed by atoms with Gasteiger partial charge in [-0.1, -0.05) is 0 Å². The summed E-state index contributed by atoms with van der Waals surface area (Å²) in [4.78, 5) is 6.19. The van der Waals surface area contributed by atoms with Gasteiger partial charge in [0, 0.05) is 38.2 Å². The van der Waals surface area contributed by atoms with Crippen LogP contribution in [0.2, 0.25) is 0 Å². The molecule has 7 nitrogen and oxygen atoms in total. The maximum atomic E-state index is 5.97. The van der Waals surface area contributed by atoms with Crippen LogP contribution in [-0.2, 0) is 0 Å². The molecule has 0 aliphatic rings. The third-order valence-corrected chi connectivity index (χ3v) is 3.19. The molecule has 2 heterocycles. The molecule has 0 spiro atoms. The number of benzene rings is 1. The lowest BCUT2D eigenvalue weighted by molar-refractivity contribution is 0.467. The molecule has 2 aromatic heterocycles. The predicted molar refractivity (Wildman–Crippen MR) is 80.8 cm³/mol. The van der Waals surface area contributed by atoms with Crippen molar-refractivity contribution in [2.45, 2.75) is 6.92 Å². The summed E-state index contributed by atoms with van der Waals surface area (Å²) in [7, 11) is 3.91. The Morgan fingerprint density at radius 3 is 2.81 bits per heavy atom. The zero-order chi connectivity index (χ0) is 15.0. The van der Waals surface area contributed by atoms with Crippen molar-refractivity contribution >= 4 is 17.0 Å². The van der Waals surface area contributed by atoms with E-state index in [1.807, 2.05) is 42.5 Å². The molecule has 0 radical (unpaired) electrons. The van der Waals surface area contributed by atoms with Gasteiger partial charge in [-0.3, -0.25) is 4.40 Å². The Morgan fingerprint density at radius 2 is 2.05 bits per heavy atom. The maximum Gasteiger partial charge on any atom is 0.265 e. The fourth-order valence-corrected chi connectivity index (χ4v) is 1.98. The first-order valence-electron chi connectivity index (χ1n) is 6.47. The highest BCUT2D eigenvalue weighted by molar-refractivity contribution is 5.63. The predicted octanol–water partition coefficient (Wildman–Crippen LogP) is 1.87. The molecule has 0 bridgehead atoms. The van der Waals surface area contributed by atoms with Gasteiger partial charge in [0.1, 0.15) is 5.82 Å². The Balaban J connectivity index is 2.04. The van der Waals surface area contributed by atoms with Crippen molar-refractivity contribution in [3.8, 4) is 11.6 Å². The second kappa shape index (κ2) is 4.93. The molecule has 1 aromatic carbocycles. The highest BCUT2D eigenvalue weighted by atomic mass is 16.5. The summed E-state index contributed by atoms with van der Waals surface area (Å²) in [6, 6.07) is 5.60. The zero-order valence-electron chi connectivity index (χ0n) is 12.1. The van der Waals surface area contributed by atoms with Gasteiger partial charge in [-0.25, -0.2) is 4.98 Å². The molecule has 0 atom stereocenters. The molecule has 3 aromatic rings. The second-order valence-electron chi connectivity index (χ2n) is 4.89. The highest BCUT2D eigenvalue weighted by Crippen LogP contribution is 2.31. The summed E-state index contributed by atoms with van der Waals surface area (Å²) in [6.45, 7) is 1.87. The molecular weight excluding hydrogens is 268 g/mol. The number of hydrogen-bond acceptors (Lipinski definition) is 6. The van der Waals surface area contributed by atoms with Gasteiger partial charge >= 0.3 is 0 Å². The summed E-state index contributed by atoms with van der Waals surface area (Å²) in [5.41, 5.74) is 8.06. The van der Waals surface area contributed by atoms with Crippen LogP contribution in [0.15, 0.2) is 30.6 Å². The van der Waals surface area contributed by atoms with Crippen molar-refractivity contribution in [3.05, 3.63) is 36.4 Å². The molecule has 7 heteroatoms. The standard InChI is InChI=1S/C14H16N6O/c1-9-17-18-13-14(16-6-7-20(9)13)21-12-8-10(19(2)3)4-5-11(12)15/h4-8H,15H2,1-3H3. The van der Waals surface area contributed by atoms with Gasteiger partial charge in [-0.15, -0.1) is 10.2 Å². The minimum absolute atomic E-state index is 0.376. The minimum Gasteiger partial charge on any atom is -0.434 e. The van der Waals surface area contributed by atoms with Gasteiger partial charge in [0.15, 0.2) is 5.75 Å². The summed E-state index contributed by atoms with van der Waals surface area (Å²) >= 11 is 0. The van der Waals surface area contributed by atoms with Crippen molar-refractivity contribution < 1.29 is 4.74 Å². The van der Waals surface area contributed by atoms with E-state index in [9.17, 15) is 0 Å². The number of anilines is 2. The monoisotopic (exact) mass is 284 g/mol. The number of ether oxygens (including phenoxy) is 1. The van der Waals surface area contributed by atoms with E-state index in [1.165, 1.54) is 0 Å². The van der Waals surface area contributed by atoms with Gasteiger partial charge in [-0.2, -0.15) is 0 Å². The Bertz CT molecular complexity index is 795. The zero-order valence-corrected chi connectivity index (χ0v) is 12.1. The molecule has 0 aliphatic heterocycles. The van der Waals surface area contributed by atoms with E-state index in [1.54, 1.807) is 18.5 Å². The third kappa shape index (κ3) is 2.33. The minimum atomic E-state index is 0.376. The molecule has 0 amide bonds. The average molecular weight is 284 g/mol. The number of aromatic nitrogens is 4. The van der Waals surface area contributed by atoms with E-state index in [0.29, 0.717) is 23.0 Å². The van der Waals surface area contributed by atoms with Crippen molar-refractivity contribution in [1.82, 2.24) is 19.6 Å². The molecule has 108 valence electrons. The Labute approximate surface area is 122 Å². The van der Waals surface area contributed by atoms with E-state index >= 15 is 0 Å². The van der Waals surface area contributed by atoms with Crippen molar-refractivity contribution in [2.75, 3.05) is 24.7 Å². The number of aryl methyl sites for hydroxylation is 1. The lowest BCUT2D eigenvalue weighted by Gasteiger charge is -2.15. The molecule has 21 heavy (non-hydrogen) atoms. The number of nitrogen functional groups attached to an aromatic ring is 1. The van der Waals surface area contributed by atoms with E-state index in [0.717, 1.165) is 11.5 Å². The molecule has 3 rings (SSSR count). The number of fused-ring (bicyclic) bond motifs is 1. The van der Waals surface area contributed by atoms with Gasteiger partial charge in [0.25, 0.3) is 5.88 Å². The maximum absolute atomic E-state index is 5.97. The van der Waals surface area contributed by atoms with E-state index < -0.39 is 0 Å². The number of nitrogens with zero attached hydrogens (tertiary/aromatic N) is 5. The van der Waals surface area contributed by atoms with Crippen LogP contribution < -0.4 is 15.4 Å². The largest absolute Gasteiger partial charge is 0.434 e. The fraction of sp³-hybridized carbons (Fsp3) is 0.214. The lowest BCUT2D eigenvalue weighted by Crippen LogP contribution is -2.09. The normalized spacial score (nSPS) is 10.8. The number of nitrogens with two attached hydrogens (primary N) is 1. The quantitative estimate of drug-likeness (QED) is 0.739. The topological polar surface area (TPSA) is 81.6 Å². The Morgan fingerprint density at radius 1 is 1.24 bits per heavy atom. The highest BCUT2D eigenvalue weighted by Gasteiger charge is 2.12. The van der Waals surface area contributed by atoms with Crippen molar-refractivity contribution in [1.29, 1.82) is 0 Å². The first-order chi connectivity index (χ1) is 10.1. The van der Waals surface area contributed by atoms with Crippen molar-refractivity contribution in [2.24, 2.45) is 0 Å². The van der Waals surface area contributed by atoms with E-state index in [2.05, 4.69) is 15.2 Å². The summed E-state index contributed by atoms with van der Waals surface area (Å²) < 4.78 is 7.65. The lowest BCUT2D eigenvalue weighted by atomic mass is 10.2. The van der Waals surface area contributed by atoms with Crippen LogP contribution in [0.5, 0.6) is 11.6 Å². The van der Waals surface area contributed by atoms with E-state index in [4.69, 9.17) is 10.5 Å². The fourth-order valence-electron chi connectivity index (χ4n) is 1.98. The smallest absolute Gasteiger partial charge is 0.265 e. The molecular formula is C14H16N6O. The molecule has 0 saturated carbocycles. The molecule has 0 unspecified atom stereocenters. The molecule has 0 aliphatic carbocycles. The molecule has 0 fully saturated rings. The van der Waals surface area contributed by atoms with Crippen LogP contribution in [0.1, 0.15) is 5.82 Å². The summed E-state index contributed by atoms with van der Waals surface area (Å²) in [5, 5.41) is 8.10. The van der Waals surface area contributed by atoms with Crippen LogP contribution in [0.3, 0.4) is 0 Å². The van der Waals surface area contributed by atoms with Gasteiger partial charge in [0.05, 0.1) is 5.69 Å². The van der Waals surface area contributed by atoms with Crippen LogP contribution in [0.4, 0.5) is 11.4 Å². The summed E-state index contributed by atoms with van der Waals surface area (Å²) in [5.74, 6) is 1.69. The third-order valence-electron chi connectivity index (χ3n) is 3.19. The first-order valence-corrected chi connectivity index (χ1v) is 6.47. The van der Waals surface area contributed by atoms with E-state index in [-0.39, 0.29) is 0 Å². The van der Waals surface area contributed by atoms with Crippen LogP contribution in [0, 0.1) is 6.92 Å². The van der Waals surface area contributed by atoms with Gasteiger partial charge in [-0.05, 0) is 19.1 Å². The van der Waals surface area contributed by atoms with Crippen LogP contribution >= 0.6 is 0 Å². The number of hydrogen-bond donors (Lipinski definition) is 1. The second-order valence-corrected chi connectivity index (χ2v) is 4.89.